The molecular weight excluding hydrogens is 288 g/mol. The van der Waals surface area contributed by atoms with Crippen molar-refractivity contribution in [2.45, 2.75) is 20.5 Å². The van der Waals surface area contributed by atoms with E-state index >= 15 is 0 Å². The van der Waals surface area contributed by atoms with E-state index in [-0.39, 0.29) is 5.75 Å². The molecule has 0 bridgehead atoms. The highest BCUT2D eigenvalue weighted by atomic mass is 35.7. The predicted octanol–water partition coefficient (Wildman–Crippen LogP) is 2.81. The molecule has 4 nitrogen and oxygen atoms in total. The summed E-state index contributed by atoms with van der Waals surface area (Å²) >= 11 is 0. The van der Waals surface area contributed by atoms with Crippen LogP contribution < -0.4 is 4.74 Å². The lowest BCUT2D eigenvalue weighted by molar-refractivity contribution is 0.0613. The zero-order valence-electron chi connectivity index (χ0n) is 11.3. The van der Waals surface area contributed by atoms with Gasteiger partial charge in [-0.2, -0.15) is 0 Å². The van der Waals surface area contributed by atoms with Crippen LogP contribution in [0.3, 0.4) is 0 Å². The lowest BCUT2D eigenvalue weighted by Crippen LogP contribution is -2.26. The SMILES string of the molecule is COc1cccc(COCC(C)(C)CS(=O)(=O)Cl)c1. The molecule has 0 saturated heterocycles. The second-order valence-electron chi connectivity index (χ2n) is 5.19. The van der Waals surface area contributed by atoms with Crippen LogP contribution >= 0.6 is 10.7 Å². The first-order valence-electron chi connectivity index (χ1n) is 5.85. The third kappa shape index (κ3) is 6.80. The van der Waals surface area contributed by atoms with Gasteiger partial charge in [0.2, 0.25) is 9.05 Å². The van der Waals surface area contributed by atoms with Crippen molar-refractivity contribution in [3.05, 3.63) is 29.8 Å². The molecule has 108 valence electrons. The van der Waals surface area contributed by atoms with Gasteiger partial charge in [-0.25, -0.2) is 8.42 Å². The summed E-state index contributed by atoms with van der Waals surface area (Å²) in [6, 6.07) is 7.54. The monoisotopic (exact) mass is 306 g/mol. The molecule has 0 fully saturated rings. The van der Waals surface area contributed by atoms with Gasteiger partial charge in [0.1, 0.15) is 5.75 Å². The molecule has 0 atom stereocenters. The van der Waals surface area contributed by atoms with Crippen molar-refractivity contribution >= 4 is 19.7 Å². The fraction of sp³-hybridized carbons (Fsp3) is 0.538. The Hall–Kier alpha value is -0.780. The van der Waals surface area contributed by atoms with E-state index in [0.29, 0.717) is 13.2 Å². The van der Waals surface area contributed by atoms with Crippen LogP contribution in [0.4, 0.5) is 0 Å². The van der Waals surface area contributed by atoms with Crippen LogP contribution in [0.1, 0.15) is 19.4 Å². The Balaban J connectivity index is 2.49. The smallest absolute Gasteiger partial charge is 0.233 e. The number of hydrogen-bond donors (Lipinski definition) is 0. The highest BCUT2D eigenvalue weighted by Gasteiger charge is 2.25. The number of halogens is 1. The van der Waals surface area contributed by atoms with Crippen molar-refractivity contribution in [2.75, 3.05) is 19.5 Å². The zero-order valence-corrected chi connectivity index (χ0v) is 12.9. The molecule has 0 amide bonds. The van der Waals surface area contributed by atoms with Gasteiger partial charge in [0.05, 0.1) is 26.1 Å². The quantitative estimate of drug-likeness (QED) is 0.727. The van der Waals surface area contributed by atoms with Crippen LogP contribution in [0.15, 0.2) is 24.3 Å². The molecule has 0 aliphatic rings. The maximum atomic E-state index is 11.1. The summed E-state index contributed by atoms with van der Waals surface area (Å²) in [6.45, 7) is 4.33. The molecule has 19 heavy (non-hydrogen) atoms. The first-order chi connectivity index (χ1) is 8.72. The van der Waals surface area contributed by atoms with E-state index in [1.165, 1.54) is 0 Å². The van der Waals surface area contributed by atoms with Gasteiger partial charge in [0.15, 0.2) is 0 Å². The fourth-order valence-corrected chi connectivity index (χ4v) is 3.62. The van der Waals surface area contributed by atoms with E-state index < -0.39 is 14.5 Å². The van der Waals surface area contributed by atoms with Crippen molar-refractivity contribution in [1.82, 2.24) is 0 Å². The van der Waals surface area contributed by atoms with Gasteiger partial charge in [-0.1, -0.05) is 26.0 Å². The van der Waals surface area contributed by atoms with E-state index in [2.05, 4.69) is 0 Å². The van der Waals surface area contributed by atoms with Gasteiger partial charge in [-0.3, -0.25) is 0 Å². The Morgan fingerprint density at radius 2 is 2.00 bits per heavy atom. The largest absolute Gasteiger partial charge is 0.497 e. The molecule has 0 aliphatic heterocycles. The molecule has 1 aromatic rings. The molecule has 0 radical (unpaired) electrons. The molecule has 0 unspecified atom stereocenters. The highest BCUT2D eigenvalue weighted by Crippen LogP contribution is 2.21. The van der Waals surface area contributed by atoms with Crippen LogP contribution in [0, 0.1) is 5.41 Å². The molecule has 0 aromatic heterocycles. The van der Waals surface area contributed by atoms with E-state index in [1.54, 1.807) is 21.0 Å². The zero-order chi connectivity index (χ0) is 14.5. The molecule has 1 rings (SSSR count). The topological polar surface area (TPSA) is 52.6 Å². The summed E-state index contributed by atoms with van der Waals surface area (Å²) in [5.41, 5.74) is 0.461. The van der Waals surface area contributed by atoms with Crippen molar-refractivity contribution in [3.63, 3.8) is 0 Å². The Morgan fingerprint density at radius 3 is 2.58 bits per heavy atom. The van der Waals surface area contributed by atoms with Crippen LogP contribution in [0.5, 0.6) is 5.75 Å². The third-order valence-corrected chi connectivity index (χ3v) is 3.91. The van der Waals surface area contributed by atoms with Gasteiger partial charge in [0.25, 0.3) is 0 Å². The maximum absolute atomic E-state index is 11.1. The Bertz CT molecular complexity index is 511. The summed E-state index contributed by atoms with van der Waals surface area (Å²) in [6.07, 6.45) is 0. The first kappa shape index (κ1) is 16.3. The maximum Gasteiger partial charge on any atom is 0.233 e. The van der Waals surface area contributed by atoms with E-state index in [1.807, 2.05) is 24.3 Å². The Labute approximate surface area is 119 Å². The van der Waals surface area contributed by atoms with Gasteiger partial charge >= 0.3 is 0 Å². The summed E-state index contributed by atoms with van der Waals surface area (Å²) in [5.74, 6) is 0.656. The molecule has 0 aliphatic carbocycles. The van der Waals surface area contributed by atoms with Crippen molar-refractivity contribution in [3.8, 4) is 5.75 Å². The minimum atomic E-state index is -3.52. The minimum absolute atomic E-state index is 0.111. The number of benzene rings is 1. The molecule has 0 saturated carbocycles. The van der Waals surface area contributed by atoms with Gasteiger partial charge < -0.3 is 9.47 Å². The summed E-state index contributed by atoms with van der Waals surface area (Å²) < 4.78 is 32.8. The Kier molecular flexibility index (Phi) is 5.64. The number of methoxy groups -OCH3 is 1. The molecule has 0 spiro atoms. The van der Waals surface area contributed by atoms with Crippen LogP contribution in [0.25, 0.3) is 0 Å². The van der Waals surface area contributed by atoms with Crippen molar-refractivity contribution in [2.24, 2.45) is 5.41 Å². The average molecular weight is 307 g/mol. The average Bonchev–Trinajstić information content (AvgIpc) is 2.25. The van der Waals surface area contributed by atoms with Crippen molar-refractivity contribution < 1.29 is 17.9 Å². The first-order valence-corrected chi connectivity index (χ1v) is 8.33. The highest BCUT2D eigenvalue weighted by molar-refractivity contribution is 8.13. The van der Waals surface area contributed by atoms with E-state index in [4.69, 9.17) is 20.2 Å². The van der Waals surface area contributed by atoms with Gasteiger partial charge in [-0.15, -0.1) is 0 Å². The van der Waals surface area contributed by atoms with Gasteiger partial charge in [0, 0.05) is 16.1 Å². The molecule has 1 aromatic carbocycles. The van der Waals surface area contributed by atoms with Crippen LogP contribution in [-0.4, -0.2) is 27.9 Å². The second kappa shape index (κ2) is 6.59. The summed E-state index contributed by atoms with van der Waals surface area (Å²) in [7, 11) is 3.34. The summed E-state index contributed by atoms with van der Waals surface area (Å²) in [5, 5.41) is 0. The lowest BCUT2D eigenvalue weighted by atomic mass is 9.98. The molecule has 0 N–H and O–H groups in total. The minimum Gasteiger partial charge on any atom is -0.497 e. The number of hydrogen-bond acceptors (Lipinski definition) is 4. The molecular formula is C13H19ClO4S. The fourth-order valence-electron chi connectivity index (χ4n) is 1.72. The third-order valence-electron chi connectivity index (χ3n) is 2.46. The van der Waals surface area contributed by atoms with E-state index in [0.717, 1.165) is 11.3 Å². The number of rotatable bonds is 7. The van der Waals surface area contributed by atoms with E-state index in [9.17, 15) is 8.42 Å². The van der Waals surface area contributed by atoms with Gasteiger partial charge in [-0.05, 0) is 17.7 Å². The number of ether oxygens (including phenoxy) is 2. The second-order valence-corrected chi connectivity index (χ2v) is 7.97. The molecule has 6 heteroatoms. The summed E-state index contributed by atoms with van der Waals surface area (Å²) in [4.78, 5) is 0. The normalized spacial score (nSPS) is 12.4. The lowest BCUT2D eigenvalue weighted by Gasteiger charge is -2.22. The Morgan fingerprint density at radius 1 is 1.32 bits per heavy atom. The molecule has 0 heterocycles. The van der Waals surface area contributed by atoms with Crippen LogP contribution in [-0.2, 0) is 20.4 Å². The van der Waals surface area contributed by atoms with Crippen LogP contribution in [0.2, 0.25) is 0 Å². The van der Waals surface area contributed by atoms with Crippen molar-refractivity contribution in [1.29, 1.82) is 0 Å². The predicted molar refractivity (Wildman–Crippen MR) is 76.1 cm³/mol. The standard InChI is InChI=1S/C13H19ClO4S/c1-13(2,10-19(14,15)16)9-18-8-11-5-4-6-12(7-11)17-3/h4-7H,8-10H2,1-3H3.